The molecule has 20 heavy (non-hydrogen) atoms. The van der Waals surface area contributed by atoms with Crippen LogP contribution >= 0.6 is 0 Å². The molecule has 0 atom stereocenters. The van der Waals surface area contributed by atoms with Gasteiger partial charge in [0.15, 0.2) is 0 Å². The van der Waals surface area contributed by atoms with Crippen LogP contribution in [0.15, 0.2) is 30.3 Å². The summed E-state index contributed by atoms with van der Waals surface area (Å²) in [6.45, 7) is 2.56. The molecular weight excluding hydrogens is 254 g/mol. The molecule has 0 aromatic heterocycles. The number of rotatable bonds is 2. The van der Waals surface area contributed by atoms with Crippen molar-refractivity contribution in [2.45, 2.75) is 25.8 Å². The number of carbonyl (C=O) groups excluding carboxylic acids is 2. The Balaban J connectivity index is 1.63. The molecule has 0 saturated carbocycles. The van der Waals surface area contributed by atoms with Crippen LogP contribution in [0.5, 0.6) is 0 Å². The second-order valence-corrected chi connectivity index (χ2v) is 5.79. The van der Waals surface area contributed by atoms with E-state index in [-0.39, 0.29) is 18.2 Å². The molecule has 0 unspecified atom stereocenters. The summed E-state index contributed by atoms with van der Waals surface area (Å²) in [5, 5.41) is 0.812. The van der Waals surface area contributed by atoms with Crippen LogP contribution in [0.1, 0.15) is 24.8 Å². The van der Waals surface area contributed by atoms with E-state index in [1.165, 1.54) is 5.56 Å². The number of nitrogens with zero attached hydrogens (tertiary/aromatic N) is 2. The highest BCUT2D eigenvalue weighted by Crippen LogP contribution is 2.41. The van der Waals surface area contributed by atoms with Crippen LogP contribution in [0.2, 0.25) is 0 Å². The maximum Gasteiger partial charge on any atom is 0.250 e. The van der Waals surface area contributed by atoms with Gasteiger partial charge in [0.2, 0.25) is 11.8 Å². The molecule has 2 fully saturated rings. The molecule has 2 aliphatic rings. The van der Waals surface area contributed by atoms with Crippen molar-refractivity contribution in [3.05, 3.63) is 35.9 Å². The zero-order valence-electron chi connectivity index (χ0n) is 11.4. The average molecular weight is 273 g/mol. The average Bonchev–Trinajstić information content (AvgIpc) is 2.68. The molecular formula is C15H19N3O2. The summed E-state index contributed by atoms with van der Waals surface area (Å²) in [4.78, 5) is 26.0. The zero-order chi connectivity index (χ0) is 14.2. The van der Waals surface area contributed by atoms with Crippen molar-refractivity contribution in [2.24, 2.45) is 11.3 Å². The second kappa shape index (κ2) is 5.00. The van der Waals surface area contributed by atoms with E-state index < -0.39 is 5.41 Å². The maximum atomic E-state index is 12.1. The van der Waals surface area contributed by atoms with E-state index in [0.29, 0.717) is 0 Å². The van der Waals surface area contributed by atoms with E-state index in [0.717, 1.165) is 37.5 Å². The van der Waals surface area contributed by atoms with Crippen molar-refractivity contribution in [3.8, 4) is 0 Å². The van der Waals surface area contributed by atoms with Crippen molar-refractivity contribution < 1.29 is 9.59 Å². The molecule has 5 nitrogen and oxygen atoms in total. The van der Waals surface area contributed by atoms with Gasteiger partial charge in [-0.2, -0.15) is 0 Å². The van der Waals surface area contributed by atoms with Gasteiger partial charge < -0.3 is 0 Å². The van der Waals surface area contributed by atoms with Crippen LogP contribution < -0.4 is 5.84 Å². The molecule has 1 aromatic carbocycles. The summed E-state index contributed by atoms with van der Waals surface area (Å²) < 4.78 is 0. The van der Waals surface area contributed by atoms with E-state index >= 15 is 0 Å². The van der Waals surface area contributed by atoms with Crippen LogP contribution in [0.25, 0.3) is 0 Å². The number of hydrogen-bond acceptors (Lipinski definition) is 4. The van der Waals surface area contributed by atoms with Gasteiger partial charge in [-0.15, -0.1) is 0 Å². The summed E-state index contributed by atoms with van der Waals surface area (Å²) in [5.74, 6) is 5.07. The molecule has 0 radical (unpaired) electrons. The normalized spacial score (nSPS) is 22.8. The largest absolute Gasteiger partial charge is 0.299 e. The van der Waals surface area contributed by atoms with Crippen LogP contribution in [-0.2, 0) is 16.1 Å². The number of carbonyl (C=O) groups is 2. The van der Waals surface area contributed by atoms with Gasteiger partial charge >= 0.3 is 0 Å². The van der Waals surface area contributed by atoms with Gasteiger partial charge in [-0.3, -0.25) is 14.5 Å². The van der Waals surface area contributed by atoms with Gasteiger partial charge in [0.05, 0.1) is 5.41 Å². The lowest BCUT2D eigenvalue weighted by atomic mass is 9.77. The van der Waals surface area contributed by atoms with Crippen molar-refractivity contribution in [1.29, 1.82) is 0 Å². The monoisotopic (exact) mass is 273 g/mol. The molecule has 1 spiro atoms. The molecule has 3 rings (SSSR count). The van der Waals surface area contributed by atoms with E-state index in [1.54, 1.807) is 0 Å². The van der Waals surface area contributed by atoms with Crippen LogP contribution in [-0.4, -0.2) is 34.8 Å². The Morgan fingerprint density at radius 2 is 1.75 bits per heavy atom. The van der Waals surface area contributed by atoms with E-state index in [1.807, 2.05) is 18.2 Å². The van der Waals surface area contributed by atoms with Crippen molar-refractivity contribution in [1.82, 2.24) is 9.91 Å². The fourth-order valence-electron chi connectivity index (χ4n) is 3.19. The fraction of sp³-hybridized carbons (Fsp3) is 0.467. The van der Waals surface area contributed by atoms with Crippen LogP contribution in [0.3, 0.4) is 0 Å². The highest BCUT2D eigenvalue weighted by Gasteiger charge is 2.51. The topological polar surface area (TPSA) is 66.6 Å². The van der Waals surface area contributed by atoms with Gasteiger partial charge in [0.25, 0.3) is 0 Å². The van der Waals surface area contributed by atoms with E-state index in [9.17, 15) is 9.59 Å². The Bertz CT molecular complexity index is 521. The molecule has 106 valence electrons. The first kappa shape index (κ1) is 13.3. The summed E-state index contributed by atoms with van der Waals surface area (Å²) in [6.07, 6.45) is 1.72. The predicted molar refractivity (Wildman–Crippen MR) is 74.0 cm³/mol. The summed E-state index contributed by atoms with van der Waals surface area (Å²) in [7, 11) is 0. The Hall–Kier alpha value is -1.72. The molecule has 2 amide bonds. The predicted octanol–water partition coefficient (Wildman–Crippen LogP) is 0.901. The summed E-state index contributed by atoms with van der Waals surface area (Å²) in [6, 6.07) is 10.3. The molecule has 0 bridgehead atoms. The lowest BCUT2D eigenvalue weighted by Crippen LogP contribution is -2.46. The van der Waals surface area contributed by atoms with Crippen molar-refractivity contribution >= 4 is 11.8 Å². The maximum absolute atomic E-state index is 12.1. The molecule has 2 saturated heterocycles. The lowest BCUT2D eigenvalue weighted by Gasteiger charge is -2.37. The van der Waals surface area contributed by atoms with E-state index in [2.05, 4.69) is 17.0 Å². The second-order valence-electron chi connectivity index (χ2n) is 5.79. The van der Waals surface area contributed by atoms with Gasteiger partial charge in [0.1, 0.15) is 0 Å². The SMILES string of the molecule is NN1C(=O)CC2(CCN(Cc3ccccc3)CC2)C1=O. The molecule has 2 aliphatic heterocycles. The fourth-order valence-corrected chi connectivity index (χ4v) is 3.19. The van der Waals surface area contributed by atoms with Crippen molar-refractivity contribution in [3.63, 3.8) is 0 Å². The smallest absolute Gasteiger partial charge is 0.250 e. The third-order valence-electron chi connectivity index (χ3n) is 4.49. The standard InChI is InChI=1S/C15H19N3O2/c16-18-13(19)10-15(14(18)20)6-8-17(9-7-15)11-12-4-2-1-3-5-12/h1-5H,6-11,16H2. The minimum Gasteiger partial charge on any atom is -0.299 e. The number of piperidine rings is 1. The minimum atomic E-state index is -0.529. The number of nitrogens with two attached hydrogens (primary N) is 1. The summed E-state index contributed by atoms with van der Waals surface area (Å²) in [5.41, 5.74) is 0.747. The number of benzene rings is 1. The molecule has 1 aromatic rings. The number of likely N-dealkylation sites (tertiary alicyclic amines) is 1. The van der Waals surface area contributed by atoms with Crippen LogP contribution in [0, 0.1) is 5.41 Å². The molecule has 2 N–H and O–H groups in total. The number of amides is 2. The number of imide groups is 1. The van der Waals surface area contributed by atoms with Gasteiger partial charge in [0, 0.05) is 13.0 Å². The zero-order valence-corrected chi connectivity index (χ0v) is 11.4. The first-order valence-corrected chi connectivity index (χ1v) is 6.99. The molecule has 5 heteroatoms. The first-order chi connectivity index (χ1) is 9.61. The quantitative estimate of drug-likeness (QED) is 0.494. The van der Waals surface area contributed by atoms with Crippen molar-refractivity contribution in [2.75, 3.05) is 13.1 Å². The Labute approximate surface area is 118 Å². The highest BCUT2D eigenvalue weighted by atomic mass is 16.2. The third kappa shape index (κ3) is 2.23. The number of hydrazine groups is 1. The Kier molecular flexibility index (Phi) is 3.31. The highest BCUT2D eigenvalue weighted by molar-refractivity contribution is 6.05. The number of hydrogen-bond donors (Lipinski definition) is 1. The van der Waals surface area contributed by atoms with Gasteiger partial charge in [-0.05, 0) is 31.5 Å². The van der Waals surface area contributed by atoms with Crippen LogP contribution in [0.4, 0.5) is 0 Å². The minimum absolute atomic E-state index is 0.193. The first-order valence-electron chi connectivity index (χ1n) is 6.99. The van der Waals surface area contributed by atoms with Gasteiger partial charge in [-0.25, -0.2) is 10.9 Å². The molecule has 2 heterocycles. The Morgan fingerprint density at radius 1 is 1.10 bits per heavy atom. The Morgan fingerprint density at radius 3 is 2.30 bits per heavy atom. The van der Waals surface area contributed by atoms with Gasteiger partial charge in [-0.1, -0.05) is 30.3 Å². The van der Waals surface area contributed by atoms with E-state index in [4.69, 9.17) is 5.84 Å². The molecule has 0 aliphatic carbocycles. The summed E-state index contributed by atoms with van der Waals surface area (Å²) >= 11 is 0. The lowest BCUT2D eigenvalue weighted by molar-refractivity contribution is -0.143. The third-order valence-corrected chi connectivity index (χ3v) is 4.49.